The molecule has 13 heteroatoms. The summed E-state index contributed by atoms with van der Waals surface area (Å²) in [6, 6.07) is -6.84. The van der Waals surface area contributed by atoms with Crippen LogP contribution >= 0.6 is 11.6 Å². The smallest absolute Gasteiger partial charge is 0.343 e. The van der Waals surface area contributed by atoms with Crippen molar-refractivity contribution in [1.29, 1.82) is 0 Å². The van der Waals surface area contributed by atoms with Gasteiger partial charge >= 0.3 is 12.4 Å². The third-order valence-electron chi connectivity index (χ3n) is 2.82. The molecule has 2 rings (SSSR count). The van der Waals surface area contributed by atoms with Gasteiger partial charge in [-0.1, -0.05) is 17.6 Å². The van der Waals surface area contributed by atoms with Crippen LogP contribution in [0.3, 0.4) is 0 Å². The SMILES string of the molecule is [2H]c1cc(-c2nc(N[C@H](C)C(F)(F)F)nc(N[C@]([2H])(C([2H])([2H])[2H])C(F)(F)F)n2)nc(Cl)c1[2H]. The Morgan fingerprint density at radius 3 is 2.22 bits per heavy atom. The summed E-state index contributed by atoms with van der Waals surface area (Å²) in [5, 5.41) is 2.53. The standard InChI is InChI=1S/C14H13ClF6N6/c1-6(13(16,17)18)22-11-25-10(8-4-3-5-9(15)24-8)26-12(27-11)23-7(2)14(19,20)21/h3-7H,1-2H3,(H2,22,23,25,26,27)/t6-,7-/m1/s1/i1D3,3D,5D,6D. The van der Waals surface area contributed by atoms with Crippen LogP contribution < -0.4 is 10.6 Å². The second-order valence-electron chi connectivity index (χ2n) is 4.91. The van der Waals surface area contributed by atoms with Gasteiger partial charge in [-0.05, 0) is 25.9 Å². The third kappa shape index (κ3) is 5.81. The van der Waals surface area contributed by atoms with Crippen LogP contribution in [0.25, 0.3) is 11.5 Å². The van der Waals surface area contributed by atoms with E-state index in [4.69, 9.17) is 19.8 Å². The first-order valence-electron chi connectivity index (χ1n) is 9.84. The molecule has 2 N–H and O–H groups in total. The summed E-state index contributed by atoms with van der Waals surface area (Å²) in [5.74, 6) is -2.88. The molecule has 27 heavy (non-hydrogen) atoms. The maximum atomic E-state index is 13.4. The number of hydrogen-bond acceptors (Lipinski definition) is 6. The third-order valence-corrected chi connectivity index (χ3v) is 3.00. The van der Waals surface area contributed by atoms with E-state index in [0.29, 0.717) is 6.92 Å². The van der Waals surface area contributed by atoms with Crippen LogP contribution in [0.1, 0.15) is 22.0 Å². The van der Waals surface area contributed by atoms with Crippen LogP contribution in [0.5, 0.6) is 0 Å². The summed E-state index contributed by atoms with van der Waals surface area (Å²) >= 11 is 5.70. The first-order chi connectivity index (χ1) is 14.8. The second kappa shape index (κ2) is 7.71. The fourth-order valence-corrected chi connectivity index (χ4v) is 1.66. The number of rotatable bonds is 5. The molecule has 0 radical (unpaired) electrons. The molecule has 2 atom stereocenters. The minimum atomic E-state index is -5.69. The Balaban J connectivity index is 2.68. The Hall–Kier alpha value is -2.37. The highest BCUT2D eigenvalue weighted by atomic mass is 35.5. The van der Waals surface area contributed by atoms with E-state index in [2.05, 4.69) is 19.9 Å². The van der Waals surface area contributed by atoms with E-state index < -0.39 is 71.9 Å². The van der Waals surface area contributed by atoms with Crippen LogP contribution in [0.2, 0.25) is 5.15 Å². The van der Waals surface area contributed by atoms with Crippen molar-refractivity contribution >= 4 is 23.5 Å². The molecular weight excluding hydrogens is 402 g/mol. The molecule has 0 spiro atoms. The number of anilines is 2. The van der Waals surface area contributed by atoms with Gasteiger partial charge in [-0.15, -0.1) is 0 Å². The molecule has 2 aromatic rings. The van der Waals surface area contributed by atoms with Gasteiger partial charge in [0.05, 0.1) is 4.11 Å². The zero-order chi connectivity index (χ0) is 25.6. The number of halogens is 7. The van der Waals surface area contributed by atoms with E-state index in [9.17, 15) is 26.3 Å². The Kier molecular flexibility index (Phi) is 3.92. The lowest BCUT2D eigenvalue weighted by molar-refractivity contribution is -0.139. The highest BCUT2D eigenvalue weighted by Gasteiger charge is 2.38. The lowest BCUT2D eigenvalue weighted by Gasteiger charge is -2.20. The largest absolute Gasteiger partial charge is 0.408 e. The highest BCUT2D eigenvalue weighted by molar-refractivity contribution is 6.29. The summed E-state index contributed by atoms with van der Waals surface area (Å²) in [7, 11) is 0. The van der Waals surface area contributed by atoms with Gasteiger partial charge < -0.3 is 10.6 Å². The van der Waals surface area contributed by atoms with E-state index >= 15 is 0 Å². The van der Waals surface area contributed by atoms with Crippen molar-refractivity contribution in [3.05, 3.63) is 23.3 Å². The van der Waals surface area contributed by atoms with E-state index in [0.717, 1.165) is 6.07 Å². The zero-order valence-corrected chi connectivity index (χ0v) is 13.8. The number of aromatic nitrogens is 4. The number of nitrogens with zero attached hydrogens (tertiary/aromatic N) is 4. The predicted molar refractivity (Wildman–Crippen MR) is 86.3 cm³/mol. The monoisotopic (exact) mass is 420 g/mol. The van der Waals surface area contributed by atoms with Gasteiger partial charge in [0, 0.05) is 4.11 Å². The Morgan fingerprint density at radius 2 is 1.70 bits per heavy atom. The van der Waals surface area contributed by atoms with Crippen molar-refractivity contribution < 1.29 is 34.6 Å². The maximum Gasteiger partial charge on any atom is 0.408 e. The van der Waals surface area contributed by atoms with E-state index in [1.54, 1.807) is 5.32 Å². The summed E-state index contributed by atoms with van der Waals surface area (Å²) < 4.78 is 123. The summed E-state index contributed by atoms with van der Waals surface area (Å²) in [6.45, 7) is -3.36. The quantitative estimate of drug-likeness (QED) is 0.554. The van der Waals surface area contributed by atoms with Crippen LogP contribution in [0.15, 0.2) is 18.2 Å². The number of pyridine rings is 1. The van der Waals surface area contributed by atoms with Gasteiger partial charge in [0.15, 0.2) is 5.82 Å². The minimum absolute atomic E-state index is 0.439. The molecule has 0 aliphatic carbocycles. The maximum absolute atomic E-state index is 13.4. The summed E-state index contributed by atoms with van der Waals surface area (Å²) in [4.78, 5) is 14.1. The molecule has 0 aliphatic rings. The van der Waals surface area contributed by atoms with E-state index in [-0.39, 0.29) is 0 Å². The van der Waals surface area contributed by atoms with Crippen molar-refractivity contribution in [2.75, 3.05) is 10.6 Å². The van der Waals surface area contributed by atoms with E-state index in [1.807, 2.05) is 0 Å². The molecule has 2 aromatic heterocycles. The molecule has 0 unspecified atom stereocenters. The molecule has 0 saturated heterocycles. The number of hydrogen-bond donors (Lipinski definition) is 2. The lowest BCUT2D eigenvalue weighted by atomic mass is 10.3. The van der Waals surface area contributed by atoms with Crippen LogP contribution in [-0.4, -0.2) is 44.3 Å². The summed E-state index contributed by atoms with van der Waals surface area (Å²) in [5.41, 5.74) is -0.439. The predicted octanol–water partition coefficient (Wildman–Crippen LogP) is 4.31. The molecule has 148 valence electrons. The fraction of sp³-hybridized carbons (Fsp3) is 0.429. The molecule has 0 fully saturated rings. The first-order valence-corrected chi connectivity index (χ1v) is 7.22. The average molecular weight is 421 g/mol. The molecule has 0 saturated carbocycles. The van der Waals surface area contributed by atoms with Crippen molar-refractivity contribution in [2.45, 2.75) is 38.2 Å². The molecular formula is C14H13ClF6N6. The summed E-state index contributed by atoms with van der Waals surface area (Å²) in [6.07, 6.45) is -10.5. The van der Waals surface area contributed by atoms with Gasteiger partial charge in [0.25, 0.3) is 0 Å². The van der Waals surface area contributed by atoms with Crippen LogP contribution in [0.4, 0.5) is 38.2 Å². The highest BCUT2D eigenvalue weighted by Crippen LogP contribution is 2.26. The molecule has 0 aliphatic heterocycles. The normalized spacial score (nSPS) is 19.4. The number of nitrogens with one attached hydrogen (secondary N) is 2. The molecule has 0 amide bonds. The first kappa shape index (κ1) is 13.7. The van der Waals surface area contributed by atoms with Crippen molar-refractivity contribution in [3.8, 4) is 11.5 Å². The zero-order valence-electron chi connectivity index (χ0n) is 19.1. The minimum Gasteiger partial charge on any atom is -0.343 e. The van der Waals surface area contributed by atoms with Crippen molar-refractivity contribution in [2.24, 2.45) is 0 Å². The molecule has 6 nitrogen and oxygen atoms in total. The molecule has 0 aromatic carbocycles. The number of alkyl halides is 6. The van der Waals surface area contributed by atoms with Crippen LogP contribution in [0, 0.1) is 0 Å². The van der Waals surface area contributed by atoms with Gasteiger partial charge in [-0.25, -0.2) is 4.98 Å². The van der Waals surface area contributed by atoms with Gasteiger partial charge in [-0.3, -0.25) is 0 Å². The Labute approximate surface area is 162 Å². The lowest BCUT2D eigenvalue weighted by Crippen LogP contribution is -2.35. The molecule has 2 heterocycles. The van der Waals surface area contributed by atoms with Gasteiger partial charge in [0.1, 0.15) is 22.9 Å². The topological polar surface area (TPSA) is 75.6 Å². The van der Waals surface area contributed by atoms with Gasteiger partial charge in [-0.2, -0.15) is 41.3 Å². The van der Waals surface area contributed by atoms with E-state index in [1.165, 1.54) is 5.32 Å². The Morgan fingerprint density at radius 1 is 1.07 bits per heavy atom. The van der Waals surface area contributed by atoms with Crippen molar-refractivity contribution in [3.63, 3.8) is 0 Å². The van der Waals surface area contributed by atoms with Gasteiger partial charge in [0.2, 0.25) is 11.9 Å². The average Bonchev–Trinajstić information content (AvgIpc) is 2.62. The van der Waals surface area contributed by atoms with Crippen molar-refractivity contribution in [1.82, 2.24) is 19.9 Å². The van der Waals surface area contributed by atoms with Crippen LogP contribution in [-0.2, 0) is 0 Å². The fourth-order valence-electron chi connectivity index (χ4n) is 1.51. The second-order valence-corrected chi connectivity index (χ2v) is 5.27. The molecule has 0 bridgehead atoms. The Bertz CT molecular complexity index is 996.